The van der Waals surface area contributed by atoms with Gasteiger partial charge < -0.3 is 10.8 Å². The highest BCUT2D eigenvalue weighted by molar-refractivity contribution is 5.74. The number of amides is 1. The molecule has 0 aliphatic rings. The van der Waals surface area contributed by atoms with Gasteiger partial charge in [-0.05, 0) is 5.92 Å². The van der Waals surface area contributed by atoms with Crippen LogP contribution in [0.25, 0.3) is 0 Å². The van der Waals surface area contributed by atoms with Crippen LogP contribution in [0.15, 0.2) is 0 Å². The summed E-state index contributed by atoms with van der Waals surface area (Å²) in [6.45, 7) is 3.01. The molecule has 1 amide bonds. The van der Waals surface area contributed by atoms with Crippen molar-refractivity contribution in [1.82, 2.24) is 0 Å². The van der Waals surface area contributed by atoms with Gasteiger partial charge in [-0.1, -0.05) is 13.8 Å². The Kier molecular flexibility index (Phi) is 4.38. The van der Waals surface area contributed by atoms with Gasteiger partial charge in [0.05, 0.1) is 0 Å². The van der Waals surface area contributed by atoms with Crippen LogP contribution < -0.4 is 5.73 Å². The first kappa shape index (κ1) is 13.2. The van der Waals surface area contributed by atoms with Gasteiger partial charge in [0.1, 0.15) is 0 Å². The van der Waals surface area contributed by atoms with Gasteiger partial charge in [0.15, 0.2) is 6.10 Å². The van der Waals surface area contributed by atoms with Gasteiger partial charge in [-0.15, -0.1) is 0 Å². The minimum atomic E-state index is -4.70. The van der Waals surface area contributed by atoms with E-state index in [0.717, 1.165) is 0 Å². The molecule has 14 heavy (non-hydrogen) atoms. The average Bonchev–Trinajstić information content (AvgIpc) is 1.96. The molecule has 0 bridgehead atoms. The molecule has 0 aromatic rings. The van der Waals surface area contributed by atoms with E-state index in [2.05, 4.69) is 0 Å². The van der Waals surface area contributed by atoms with Crippen molar-refractivity contribution in [3.8, 4) is 0 Å². The summed E-state index contributed by atoms with van der Waals surface area (Å²) in [4.78, 5) is 10.5. The molecule has 0 aliphatic carbocycles. The Labute approximate surface area is 80.1 Å². The molecular formula is C8H14F3NO2. The van der Waals surface area contributed by atoms with E-state index in [1.807, 2.05) is 0 Å². The van der Waals surface area contributed by atoms with Crippen molar-refractivity contribution in [2.45, 2.75) is 32.5 Å². The minimum Gasteiger partial charge on any atom is -0.383 e. The van der Waals surface area contributed by atoms with Crippen molar-refractivity contribution in [3.05, 3.63) is 0 Å². The van der Waals surface area contributed by atoms with Crippen LogP contribution in [0.2, 0.25) is 0 Å². The molecule has 0 aromatic heterocycles. The maximum atomic E-state index is 12.1. The maximum Gasteiger partial charge on any atom is 0.414 e. The zero-order valence-electron chi connectivity index (χ0n) is 8.01. The molecule has 84 valence electrons. The van der Waals surface area contributed by atoms with Gasteiger partial charge >= 0.3 is 6.18 Å². The number of aliphatic hydroxyl groups excluding tert-OH is 1. The second-order valence-electron chi connectivity index (χ2n) is 3.56. The van der Waals surface area contributed by atoms with Gasteiger partial charge in [-0.25, -0.2) is 0 Å². The average molecular weight is 213 g/mol. The van der Waals surface area contributed by atoms with Crippen molar-refractivity contribution in [2.24, 2.45) is 17.6 Å². The third-order valence-electron chi connectivity index (χ3n) is 2.03. The monoisotopic (exact) mass is 213 g/mol. The third-order valence-corrected chi connectivity index (χ3v) is 2.03. The predicted octanol–water partition coefficient (Wildman–Crippen LogP) is 1.06. The van der Waals surface area contributed by atoms with Crippen LogP contribution in [0.5, 0.6) is 0 Å². The molecule has 0 aromatic carbocycles. The summed E-state index contributed by atoms with van der Waals surface area (Å²) in [5.41, 5.74) is 4.79. The Hall–Kier alpha value is -0.780. The maximum absolute atomic E-state index is 12.1. The van der Waals surface area contributed by atoms with E-state index in [0.29, 0.717) is 0 Å². The number of halogens is 3. The molecule has 0 aliphatic heterocycles. The van der Waals surface area contributed by atoms with E-state index in [1.54, 1.807) is 0 Å². The number of hydrogen-bond acceptors (Lipinski definition) is 2. The Morgan fingerprint density at radius 3 is 2.07 bits per heavy atom. The minimum absolute atomic E-state index is 0.459. The van der Waals surface area contributed by atoms with Crippen LogP contribution in [-0.2, 0) is 4.79 Å². The number of aliphatic hydroxyl groups is 1. The lowest BCUT2D eigenvalue weighted by atomic mass is 9.87. The summed E-state index contributed by atoms with van der Waals surface area (Å²) < 4.78 is 36.3. The summed E-state index contributed by atoms with van der Waals surface area (Å²) >= 11 is 0. The first-order valence-corrected chi connectivity index (χ1v) is 4.19. The van der Waals surface area contributed by atoms with Crippen LogP contribution in [0, 0.1) is 11.8 Å². The summed E-state index contributed by atoms with van der Waals surface area (Å²) in [6, 6.07) is 0. The number of carbonyl (C=O) groups excluding carboxylic acids is 1. The topological polar surface area (TPSA) is 63.3 Å². The lowest BCUT2D eigenvalue weighted by Crippen LogP contribution is -2.40. The Balaban J connectivity index is 4.57. The molecule has 0 heterocycles. The number of nitrogens with two attached hydrogens (primary N) is 1. The highest BCUT2D eigenvalue weighted by Gasteiger charge is 2.44. The smallest absolute Gasteiger partial charge is 0.383 e. The van der Waals surface area contributed by atoms with E-state index in [9.17, 15) is 18.0 Å². The second kappa shape index (κ2) is 4.63. The van der Waals surface area contributed by atoms with Gasteiger partial charge in [0, 0.05) is 12.3 Å². The van der Waals surface area contributed by atoms with Crippen LogP contribution in [0.1, 0.15) is 20.3 Å². The fourth-order valence-corrected chi connectivity index (χ4v) is 1.19. The third kappa shape index (κ3) is 3.95. The molecular weight excluding hydrogens is 199 g/mol. The highest BCUT2D eigenvalue weighted by atomic mass is 19.4. The van der Waals surface area contributed by atoms with E-state index in [-0.39, 0.29) is 0 Å². The van der Waals surface area contributed by atoms with Gasteiger partial charge in [0.25, 0.3) is 0 Å². The first-order chi connectivity index (χ1) is 6.16. The number of rotatable bonds is 4. The number of alkyl halides is 3. The zero-order valence-corrected chi connectivity index (χ0v) is 8.01. The van der Waals surface area contributed by atoms with Crippen molar-refractivity contribution < 1.29 is 23.1 Å². The van der Waals surface area contributed by atoms with Crippen molar-refractivity contribution >= 4 is 5.91 Å². The molecule has 0 saturated heterocycles. The molecule has 0 fully saturated rings. The lowest BCUT2D eigenvalue weighted by Gasteiger charge is -2.26. The van der Waals surface area contributed by atoms with Crippen LogP contribution in [0.4, 0.5) is 13.2 Å². The molecule has 3 N–H and O–H groups in total. The first-order valence-electron chi connectivity index (χ1n) is 4.19. The van der Waals surface area contributed by atoms with Gasteiger partial charge in [-0.2, -0.15) is 13.2 Å². The fourth-order valence-electron chi connectivity index (χ4n) is 1.19. The molecule has 0 radical (unpaired) electrons. The van der Waals surface area contributed by atoms with Gasteiger partial charge in [-0.3, -0.25) is 4.79 Å². The zero-order chi connectivity index (χ0) is 11.5. The van der Waals surface area contributed by atoms with E-state index in [1.165, 1.54) is 13.8 Å². The summed E-state index contributed by atoms with van der Waals surface area (Å²) in [5, 5.41) is 8.93. The molecule has 6 heteroatoms. The molecule has 0 spiro atoms. The largest absolute Gasteiger partial charge is 0.414 e. The fraction of sp³-hybridized carbons (Fsp3) is 0.875. The van der Waals surface area contributed by atoms with Gasteiger partial charge in [0.2, 0.25) is 5.91 Å². The molecule has 2 atom stereocenters. The molecule has 0 saturated carbocycles. The predicted molar refractivity (Wildman–Crippen MR) is 44.2 cm³/mol. The van der Waals surface area contributed by atoms with E-state index < -0.39 is 36.4 Å². The molecule has 2 unspecified atom stereocenters. The molecule has 3 nitrogen and oxygen atoms in total. The SMILES string of the molecule is CC(C)C(CC(N)=O)C(O)C(F)(F)F. The Bertz CT molecular complexity index is 203. The van der Waals surface area contributed by atoms with Crippen molar-refractivity contribution in [1.29, 1.82) is 0 Å². The number of hydrogen-bond donors (Lipinski definition) is 2. The number of primary amides is 1. The normalized spacial score (nSPS) is 16.8. The molecule has 0 rings (SSSR count). The Morgan fingerprint density at radius 2 is 1.86 bits per heavy atom. The van der Waals surface area contributed by atoms with Crippen molar-refractivity contribution in [3.63, 3.8) is 0 Å². The second-order valence-corrected chi connectivity index (χ2v) is 3.56. The Morgan fingerprint density at radius 1 is 1.43 bits per heavy atom. The summed E-state index contributed by atoms with van der Waals surface area (Å²) in [5.74, 6) is -2.47. The number of carbonyl (C=O) groups is 1. The summed E-state index contributed by atoms with van der Waals surface area (Å²) in [6.07, 6.45) is -7.65. The summed E-state index contributed by atoms with van der Waals surface area (Å²) in [7, 11) is 0. The quantitative estimate of drug-likeness (QED) is 0.733. The van der Waals surface area contributed by atoms with Crippen LogP contribution >= 0.6 is 0 Å². The highest BCUT2D eigenvalue weighted by Crippen LogP contribution is 2.31. The standard InChI is InChI=1S/C8H14F3NO2/c1-4(2)5(3-6(12)13)7(14)8(9,10)11/h4-5,7,14H,3H2,1-2H3,(H2,12,13). The lowest BCUT2D eigenvalue weighted by molar-refractivity contribution is -0.223. The van der Waals surface area contributed by atoms with Crippen LogP contribution in [0.3, 0.4) is 0 Å². The van der Waals surface area contributed by atoms with E-state index in [4.69, 9.17) is 10.8 Å². The van der Waals surface area contributed by atoms with E-state index >= 15 is 0 Å². The van der Waals surface area contributed by atoms with Crippen molar-refractivity contribution in [2.75, 3.05) is 0 Å². The van der Waals surface area contributed by atoms with Crippen LogP contribution in [-0.4, -0.2) is 23.3 Å².